The maximum Gasteiger partial charge on any atom is 0.322 e. The summed E-state index contributed by atoms with van der Waals surface area (Å²) in [4.78, 5) is 14.6. The zero-order valence-corrected chi connectivity index (χ0v) is 14.0. The maximum atomic E-state index is 12.7. The fourth-order valence-electron chi connectivity index (χ4n) is 3.12. The minimum absolute atomic E-state index is 0.0885. The van der Waals surface area contributed by atoms with Crippen molar-refractivity contribution in [2.24, 2.45) is 0 Å². The molecule has 0 bridgehead atoms. The first kappa shape index (κ1) is 16.2. The van der Waals surface area contributed by atoms with Crippen molar-refractivity contribution in [3.05, 3.63) is 54.1 Å². The molecule has 1 aliphatic rings. The molecular formula is C19H22N2O3. The van der Waals surface area contributed by atoms with Gasteiger partial charge >= 0.3 is 6.03 Å². The van der Waals surface area contributed by atoms with Crippen molar-refractivity contribution in [1.82, 2.24) is 4.90 Å². The minimum atomic E-state index is -0.0992. The van der Waals surface area contributed by atoms with Gasteiger partial charge in [0, 0.05) is 6.54 Å². The molecule has 2 aromatic rings. The van der Waals surface area contributed by atoms with E-state index in [2.05, 4.69) is 5.32 Å². The van der Waals surface area contributed by atoms with Crippen molar-refractivity contribution in [3.8, 4) is 11.5 Å². The number of hydrogen-bond donors (Lipinski definition) is 1. The summed E-state index contributed by atoms with van der Waals surface area (Å²) >= 11 is 0. The van der Waals surface area contributed by atoms with E-state index in [0.29, 0.717) is 11.4 Å². The lowest BCUT2D eigenvalue weighted by molar-refractivity contribution is 0.207. The van der Waals surface area contributed by atoms with Crippen LogP contribution in [0.1, 0.15) is 24.4 Å². The van der Waals surface area contributed by atoms with Crippen molar-refractivity contribution in [2.45, 2.75) is 18.9 Å². The van der Waals surface area contributed by atoms with Gasteiger partial charge in [0.2, 0.25) is 0 Å². The van der Waals surface area contributed by atoms with Crippen molar-refractivity contribution < 1.29 is 14.3 Å². The van der Waals surface area contributed by atoms with E-state index in [9.17, 15) is 4.79 Å². The SMILES string of the molecule is COc1ccc(C2CCCN2C(=O)Nc2ccccc2OC)cc1. The molecule has 0 spiro atoms. The van der Waals surface area contributed by atoms with Gasteiger partial charge in [0.1, 0.15) is 11.5 Å². The summed E-state index contributed by atoms with van der Waals surface area (Å²) in [5.74, 6) is 1.48. The molecule has 1 heterocycles. The predicted molar refractivity (Wildman–Crippen MR) is 93.7 cm³/mol. The molecular weight excluding hydrogens is 304 g/mol. The van der Waals surface area contributed by atoms with Crippen molar-refractivity contribution in [1.29, 1.82) is 0 Å². The van der Waals surface area contributed by atoms with Crippen molar-refractivity contribution in [3.63, 3.8) is 0 Å². The van der Waals surface area contributed by atoms with Crippen LogP contribution in [0.4, 0.5) is 10.5 Å². The molecule has 0 aromatic heterocycles. The number of carbonyl (C=O) groups excluding carboxylic acids is 1. The van der Waals surface area contributed by atoms with Crippen LogP contribution < -0.4 is 14.8 Å². The standard InChI is InChI=1S/C19H22N2O3/c1-23-15-11-9-14(10-12-15)17-7-5-13-21(17)19(22)20-16-6-3-4-8-18(16)24-2/h3-4,6,8-12,17H,5,7,13H2,1-2H3,(H,20,22). The fraction of sp³-hybridized carbons (Fsp3) is 0.316. The van der Waals surface area contributed by atoms with Gasteiger partial charge < -0.3 is 19.7 Å². The molecule has 1 atom stereocenters. The number of likely N-dealkylation sites (tertiary alicyclic amines) is 1. The highest BCUT2D eigenvalue weighted by Gasteiger charge is 2.30. The van der Waals surface area contributed by atoms with Gasteiger partial charge in [-0.1, -0.05) is 24.3 Å². The van der Waals surface area contributed by atoms with Gasteiger partial charge in [-0.15, -0.1) is 0 Å². The highest BCUT2D eigenvalue weighted by Crippen LogP contribution is 2.34. The molecule has 3 rings (SSSR count). The molecule has 1 aliphatic heterocycles. The van der Waals surface area contributed by atoms with Crippen LogP contribution in [0, 0.1) is 0 Å². The number of hydrogen-bond acceptors (Lipinski definition) is 3. The zero-order chi connectivity index (χ0) is 16.9. The van der Waals surface area contributed by atoms with Crippen molar-refractivity contribution >= 4 is 11.7 Å². The van der Waals surface area contributed by atoms with E-state index in [1.54, 1.807) is 14.2 Å². The fourth-order valence-corrected chi connectivity index (χ4v) is 3.12. The predicted octanol–water partition coefficient (Wildman–Crippen LogP) is 4.07. The van der Waals surface area contributed by atoms with Crippen LogP contribution in [0.2, 0.25) is 0 Å². The number of ether oxygens (including phenoxy) is 2. The lowest BCUT2D eigenvalue weighted by Gasteiger charge is -2.26. The first-order chi connectivity index (χ1) is 11.7. The average Bonchev–Trinajstić information content (AvgIpc) is 3.12. The number of rotatable bonds is 4. The average molecular weight is 326 g/mol. The molecule has 1 N–H and O–H groups in total. The first-order valence-electron chi connectivity index (χ1n) is 8.07. The molecule has 1 fully saturated rings. The normalized spacial score (nSPS) is 16.8. The van der Waals surface area contributed by atoms with E-state index < -0.39 is 0 Å². The number of carbonyl (C=O) groups is 1. The summed E-state index contributed by atoms with van der Waals surface area (Å²) in [5.41, 5.74) is 1.81. The Labute approximate surface area is 142 Å². The minimum Gasteiger partial charge on any atom is -0.497 e. The van der Waals surface area contributed by atoms with Gasteiger partial charge in [-0.05, 0) is 42.7 Å². The number of urea groups is 1. The molecule has 1 saturated heterocycles. The Kier molecular flexibility index (Phi) is 4.89. The third-order valence-corrected chi connectivity index (χ3v) is 4.36. The molecule has 5 heteroatoms. The molecule has 0 saturated carbocycles. The number of methoxy groups -OCH3 is 2. The number of amides is 2. The summed E-state index contributed by atoms with van der Waals surface area (Å²) < 4.78 is 10.5. The van der Waals surface area contributed by atoms with Crippen LogP contribution in [0.15, 0.2) is 48.5 Å². The zero-order valence-electron chi connectivity index (χ0n) is 14.0. The van der Waals surface area contributed by atoms with Crippen LogP contribution in [0.3, 0.4) is 0 Å². The van der Waals surface area contributed by atoms with Gasteiger partial charge in [0.25, 0.3) is 0 Å². The third kappa shape index (κ3) is 3.30. The largest absolute Gasteiger partial charge is 0.497 e. The summed E-state index contributed by atoms with van der Waals surface area (Å²) in [6.45, 7) is 0.748. The molecule has 24 heavy (non-hydrogen) atoms. The monoisotopic (exact) mass is 326 g/mol. The van der Waals surface area contributed by atoms with E-state index >= 15 is 0 Å². The van der Waals surface area contributed by atoms with Crippen LogP contribution in [-0.2, 0) is 0 Å². The highest BCUT2D eigenvalue weighted by atomic mass is 16.5. The Morgan fingerprint density at radius 3 is 2.54 bits per heavy atom. The Balaban J connectivity index is 1.75. The number of anilines is 1. The summed E-state index contributed by atoms with van der Waals surface area (Å²) in [5, 5.41) is 2.96. The highest BCUT2D eigenvalue weighted by molar-refractivity contribution is 5.91. The molecule has 1 unspecified atom stereocenters. The first-order valence-corrected chi connectivity index (χ1v) is 8.07. The van der Waals surface area contributed by atoms with Gasteiger partial charge in [0.15, 0.2) is 0 Å². The Bertz CT molecular complexity index is 700. The van der Waals surface area contributed by atoms with E-state index in [1.807, 2.05) is 53.4 Å². The van der Waals surface area contributed by atoms with Gasteiger partial charge in [-0.25, -0.2) is 4.79 Å². The van der Waals surface area contributed by atoms with E-state index in [0.717, 1.165) is 30.7 Å². The van der Waals surface area contributed by atoms with Gasteiger partial charge in [0.05, 0.1) is 25.9 Å². The Morgan fingerprint density at radius 2 is 1.83 bits per heavy atom. The maximum absolute atomic E-state index is 12.7. The van der Waals surface area contributed by atoms with Crippen LogP contribution >= 0.6 is 0 Å². The second-order valence-corrected chi connectivity index (χ2v) is 5.76. The van der Waals surface area contributed by atoms with E-state index in [1.165, 1.54) is 0 Å². The van der Waals surface area contributed by atoms with Gasteiger partial charge in [-0.2, -0.15) is 0 Å². The number of nitrogens with zero attached hydrogens (tertiary/aromatic N) is 1. The van der Waals surface area contributed by atoms with Crippen LogP contribution in [-0.4, -0.2) is 31.7 Å². The second kappa shape index (κ2) is 7.25. The molecule has 0 aliphatic carbocycles. The summed E-state index contributed by atoms with van der Waals surface area (Å²) in [6, 6.07) is 15.3. The molecule has 0 radical (unpaired) electrons. The van der Waals surface area contributed by atoms with Crippen LogP contribution in [0.25, 0.3) is 0 Å². The van der Waals surface area contributed by atoms with E-state index in [-0.39, 0.29) is 12.1 Å². The smallest absolute Gasteiger partial charge is 0.322 e. The number of para-hydroxylation sites is 2. The molecule has 5 nitrogen and oxygen atoms in total. The lowest BCUT2D eigenvalue weighted by Crippen LogP contribution is -2.34. The number of nitrogens with one attached hydrogen (secondary N) is 1. The number of benzene rings is 2. The lowest BCUT2D eigenvalue weighted by atomic mass is 10.0. The molecule has 2 amide bonds. The summed E-state index contributed by atoms with van der Waals surface area (Å²) in [6.07, 6.45) is 1.96. The molecule has 126 valence electrons. The second-order valence-electron chi connectivity index (χ2n) is 5.76. The summed E-state index contributed by atoms with van der Waals surface area (Å²) in [7, 11) is 3.25. The Morgan fingerprint density at radius 1 is 1.08 bits per heavy atom. The topological polar surface area (TPSA) is 50.8 Å². The van der Waals surface area contributed by atoms with E-state index in [4.69, 9.17) is 9.47 Å². The third-order valence-electron chi connectivity index (χ3n) is 4.36. The van der Waals surface area contributed by atoms with Crippen LogP contribution in [0.5, 0.6) is 11.5 Å². The quantitative estimate of drug-likeness (QED) is 0.921. The Hall–Kier alpha value is -2.69. The van der Waals surface area contributed by atoms with Gasteiger partial charge in [-0.3, -0.25) is 0 Å². The van der Waals surface area contributed by atoms with Crippen molar-refractivity contribution in [2.75, 3.05) is 26.1 Å². The molecule has 2 aromatic carbocycles.